The van der Waals surface area contributed by atoms with E-state index in [0.29, 0.717) is 0 Å². The Morgan fingerprint density at radius 2 is 2.13 bits per heavy atom. The molecule has 130 valence electrons. The zero-order chi connectivity index (χ0) is 17.4. The van der Waals surface area contributed by atoms with E-state index >= 15 is 0 Å². The van der Waals surface area contributed by atoms with Crippen molar-refractivity contribution in [2.45, 2.75) is 24.5 Å². The smallest absolute Gasteiger partial charge is 0.380 e. The Balaban J connectivity index is 2.24. The lowest BCUT2D eigenvalue weighted by atomic mass is 10.1. The highest BCUT2D eigenvalue weighted by atomic mass is 35.9. The van der Waals surface area contributed by atoms with Crippen LogP contribution in [0.5, 0.6) is 5.75 Å². The fraction of sp³-hybridized carbons (Fsp3) is 0.600. The van der Waals surface area contributed by atoms with Crippen LogP contribution in [0.1, 0.15) is 6.23 Å². The number of halogens is 2. The molecular formula is C10H14Cl2N3O7P. The van der Waals surface area contributed by atoms with E-state index in [-0.39, 0.29) is 11.6 Å². The molecule has 0 amide bonds. The number of nitrogens with zero attached hydrogens (tertiary/aromatic N) is 2. The van der Waals surface area contributed by atoms with Crippen LogP contribution in [0.4, 0.5) is 5.82 Å². The molecule has 1 fully saturated rings. The van der Waals surface area contributed by atoms with Gasteiger partial charge in [0.05, 0.1) is 19.9 Å². The number of nitrogens with two attached hydrogens (primary N) is 1. The number of aromatic nitrogens is 2. The summed E-state index contributed by atoms with van der Waals surface area (Å²) in [6.07, 6.45) is -7.96. The van der Waals surface area contributed by atoms with Crippen molar-refractivity contribution < 1.29 is 28.8 Å². The molecule has 0 bridgehead atoms. The Bertz CT molecular complexity index is 681. The van der Waals surface area contributed by atoms with Gasteiger partial charge in [-0.15, -0.1) is 0 Å². The topological polar surface area (TPSA) is 146 Å². The van der Waals surface area contributed by atoms with Gasteiger partial charge in [-0.3, -0.25) is 9.13 Å². The molecule has 0 aromatic carbocycles. The number of methoxy groups -OCH3 is 1. The van der Waals surface area contributed by atoms with Crippen molar-refractivity contribution in [3.8, 4) is 5.75 Å². The standard InChI is InChI=1S/C10H14Cl2N3O7P/c1-20-4-2-15(10(18)14-8(4)13)9-7(17)6(16)5(22-9)3-21-23(11,12)19/h2,5-7,9,16-17H,3H2,1H3,(H2,13,14,18)/t5-,6+,7+,9-/m1/s1. The summed E-state index contributed by atoms with van der Waals surface area (Å²) in [5.74, 6) is -0.0486. The Kier molecular flexibility index (Phi) is 5.57. The lowest BCUT2D eigenvalue weighted by Crippen LogP contribution is -2.36. The Morgan fingerprint density at radius 3 is 2.70 bits per heavy atom. The summed E-state index contributed by atoms with van der Waals surface area (Å²) in [6, 6.07) is 0. The van der Waals surface area contributed by atoms with E-state index in [0.717, 1.165) is 4.57 Å². The van der Waals surface area contributed by atoms with Gasteiger partial charge in [0.1, 0.15) is 18.3 Å². The molecule has 1 aliphatic rings. The Hall–Kier alpha value is -0.870. The van der Waals surface area contributed by atoms with Gasteiger partial charge in [-0.1, -0.05) is 0 Å². The summed E-state index contributed by atoms with van der Waals surface area (Å²) in [4.78, 5) is 15.4. The zero-order valence-electron chi connectivity index (χ0n) is 11.7. The molecular weight excluding hydrogens is 376 g/mol. The molecule has 4 atom stereocenters. The van der Waals surface area contributed by atoms with Gasteiger partial charge in [0.2, 0.25) is 0 Å². The number of aliphatic hydroxyl groups excluding tert-OH is 2. The molecule has 0 spiro atoms. The van der Waals surface area contributed by atoms with Gasteiger partial charge < -0.3 is 29.9 Å². The second kappa shape index (κ2) is 6.94. The summed E-state index contributed by atoms with van der Waals surface area (Å²) >= 11 is 10.5. The van der Waals surface area contributed by atoms with Crippen LogP contribution in [0.3, 0.4) is 0 Å². The van der Waals surface area contributed by atoms with Crippen LogP contribution in [0.2, 0.25) is 0 Å². The minimum Gasteiger partial charge on any atom is -0.491 e. The lowest BCUT2D eigenvalue weighted by molar-refractivity contribution is -0.0508. The quantitative estimate of drug-likeness (QED) is 0.594. The maximum atomic E-state index is 11.9. The molecule has 1 saturated heterocycles. The summed E-state index contributed by atoms with van der Waals surface area (Å²) < 4.78 is 26.9. The first kappa shape index (κ1) is 18.5. The third kappa shape index (κ3) is 4.16. The van der Waals surface area contributed by atoms with Crippen molar-refractivity contribution >= 4 is 34.4 Å². The van der Waals surface area contributed by atoms with Crippen LogP contribution in [-0.2, 0) is 13.8 Å². The maximum absolute atomic E-state index is 11.9. The van der Waals surface area contributed by atoms with Crippen LogP contribution in [0.25, 0.3) is 0 Å². The third-order valence-corrected chi connectivity index (χ3v) is 4.20. The number of nitrogen functional groups attached to an aromatic ring is 1. The van der Waals surface area contributed by atoms with Gasteiger partial charge >= 0.3 is 11.8 Å². The second-order valence-corrected chi connectivity index (χ2v) is 8.92. The van der Waals surface area contributed by atoms with Crippen LogP contribution in [0.15, 0.2) is 11.0 Å². The third-order valence-electron chi connectivity index (χ3n) is 3.17. The lowest BCUT2D eigenvalue weighted by Gasteiger charge is -2.18. The van der Waals surface area contributed by atoms with Gasteiger partial charge in [0.25, 0.3) is 0 Å². The highest BCUT2D eigenvalue weighted by Gasteiger charge is 2.45. The molecule has 0 unspecified atom stereocenters. The zero-order valence-corrected chi connectivity index (χ0v) is 14.1. The molecule has 2 heterocycles. The maximum Gasteiger partial charge on any atom is 0.380 e. The summed E-state index contributed by atoms with van der Waals surface area (Å²) in [5.41, 5.74) is 4.68. The van der Waals surface area contributed by atoms with Crippen LogP contribution >= 0.6 is 28.6 Å². The van der Waals surface area contributed by atoms with Gasteiger partial charge in [-0.2, -0.15) is 4.98 Å². The van der Waals surface area contributed by atoms with E-state index in [1.807, 2.05) is 0 Å². The molecule has 10 nitrogen and oxygen atoms in total. The average molecular weight is 390 g/mol. The second-order valence-electron chi connectivity index (χ2n) is 4.64. The molecule has 1 aliphatic heterocycles. The molecule has 0 saturated carbocycles. The van der Waals surface area contributed by atoms with Gasteiger partial charge in [-0.25, -0.2) is 4.79 Å². The summed E-state index contributed by atoms with van der Waals surface area (Å²) in [5, 5.41) is 20.0. The van der Waals surface area contributed by atoms with Gasteiger partial charge in [-0.05, 0) is 22.5 Å². The minimum atomic E-state index is -3.83. The molecule has 23 heavy (non-hydrogen) atoms. The highest BCUT2D eigenvalue weighted by molar-refractivity contribution is 8.05. The van der Waals surface area contributed by atoms with Crippen LogP contribution in [0, 0.1) is 0 Å². The number of hydrogen-bond acceptors (Lipinski definition) is 9. The minimum absolute atomic E-state index is 0.0839. The average Bonchev–Trinajstić information content (AvgIpc) is 2.73. The monoisotopic (exact) mass is 389 g/mol. The van der Waals surface area contributed by atoms with Crippen molar-refractivity contribution in [1.29, 1.82) is 0 Å². The van der Waals surface area contributed by atoms with E-state index in [2.05, 4.69) is 9.51 Å². The fourth-order valence-corrected chi connectivity index (χ4v) is 2.72. The van der Waals surface area contributed by atoms with Gasteiger partial charge in [0, 0.05) is 0 Å². The molecule has 4 N–H and O–H groups in total. The summed E-state index contributed by atoms with van der Waals surface area (Å²) in [7, 11) is 1.32. The molecule has 1 aromatic heterocycles. The van der Waals surface area contributed by atoms with Crippen molar-refractivity contribution in [2.24, 2.45) is 0 Å². The number of rotatable bonds is 5. The molecule has 0 radical (unpaired) electrons. The predicted octanol–water partition coefficient (Wildman–Crippen LogP) is 0.0556. The van der Waals surface area contributed by atoms with E-state index in [1.165, 1.54) is 13.3 Å². The molecule has 0 aliphatic carbocycles. The van der Waals surface area contributed by atoms with Crippen molar-refractivity contribution in [1.82, 2.24) is 9.55 Å². The first-order chi connectivity index (χ1) is 10.6. The Labute approximate surface area is 139 Å². The number of hydrogen-bond donors (Lipinski definition) is 3. The van der Waals surface area contributed by atoms with Crippen molar-refractivity contribution in [3.05, 3.63) is 16.7 Å². The molecule has 2 rings (SSSR count). The first-order valence-corrected chi connectivity index (χ1v) is 9.65. The van der Waals surface area contributed by atoms with Crippen LogP contribution in [-0.4, -0.2) is 51.8 Å². The SMILES string of the molecule is COc1cn([C@@H]2O[C@H](COP(=O)(Cl)Cl)[C@H](O)[C@@H]2O)c(=O)nc1N. The molecule has 13 heteroatoms. The predicted molar refractivity (Wildman–Crippen MR) is 80.6 cm³/mol. The van der Waals surface area contributed by atoms with E-state index in [4.69, 9.17) is 37.7 Å². The number of ether oxygens (including phenoxy) is 2. The number of aliphatic hydroxyl groups is 2. The van der Waals surface area contributed by atoms with Crippen LogP contribution < -0.4 is 16.2 Å². The highest BCUT2D eigenvalue weighted by Crippen LogP contribution is 2.57. The number of anilines is 1. The summed E-state index contributed by atoms with van der Waals surface area (Å²) in [6.45, 7) is -0.451. The first-order valence-electron chi connectivity index (χ1n) is 6.22. The van der Waals surface area contributed by atoms with E-state index in [9.17, 15) is 19.6 Å². The molecule has 1 aromatic rings. The largest absolute Gasteiger partial charge is 0.491 e. The van der Waals surface area contributed by atoms with Gasteiger partial charge in [0.15, 0.2) is 17.8 Å². The van der Waals surface area contributed by atoms with Crippen molar-refractivity contribution in [2.75, 3.05) is 19.5 Å². The normalized spacial score (nSPS) is 28.0. The van der Waals surface area contributed by atoms with E-state index < -0.39 is 42.9 Å². The van der Waals surface area contributed by atoms with E-state index in [1.54, 1.807) is 0 Å². The Morgan fingerprint density at radius 1 is 1.48 bits per heavy atom. The van der Waals surface area contributed by atoms with Crippen molar-refractivity contribution in [3.63, 3.8) is 0 Å². The fourth-order valence-electron chi connectivity index (χ4n) is 2.06.